The SMILES string of the molecule is C=C(CCCN)C(C)C. The lowest BCUT2D eigenvalue weighted by Gasteiger charge is -2.06. The van der Waals surface area contributed by atoms with Crippen LogP contribution in [0.15, 0.2) is 12.2 Å². The van der Waals surface area contributed by atoms with Crippen molar-refractivity contribution >= 4 is 0 Å². The first kappa shape index (κ1) is 8.70. The molecule has 54 valence electrons. The predicted molar refractivity (Wildman–Crippen MR) is 42.3 cm³/mol. The molecule has 1 nitrogen and oxygen atoms in total. The van der Waals surface area contributed by atoms with Gasteiger partial charge in [0.1, 0.15) is 0 Å². The first-order valence-corrected chi connectivity index (χ1v) is 3.56. The molecule has 0 aliphatic heterocycles. The van der Waals surface area contributed by atoms with Crippen LogP contribution in [0.2, 0.25) is 0 Å². The van der Waals surface area contributed by atoms with Gasteiger partial charge >= 0.3 is 0 Å². The highest BCUT2D eigenvalue weighted by molar-refractivity contribution is 4.96. The van der Waals surface area contributed by atoms with E-state index in [2.05, 4.69) is 20.4 Å². The zero-order chi connectivity index (χ0) is 7.28. The molecule has 0 aromatic rings. The van der Waals surface area contributed by atoms with Crippen molar-refractivity contribution in [3.8, 4) is 0 Å². The fraction of sp³-hybridized carbons (Fsp3) is 0.750. The van der Waals surface area contributed by atoms with Gasteiger partial charge in [0.2, 0.25) is 0 Å². The molecule has 0 aromatic carbocycles. The second kappa shape index (κ2) is 4.57. The second-order valence-electron chi connectivity index (χ2n) is 2.71. The van der Waals surface area contributed by atoms with Crippen LogP contribution < -0.4 is 5.73 Å². The Kier molecular flexibility index (Phi) is 4.41. The van der Waals surface area contributed by atoms with Crippen molar-refractivity contribution in [2.45, 2.75) is 26.7 Å². The van der Waals surface area contributed by atoms with Crippen LogP contribution in [0.3, 0.4) is 0 Å². The first-order valence-electron chi connectivity index (χ1n) is 3.56. The molecule has 9 heavy (non-hydrogen) atoms. The third kappa shape index (κ3) is 4.22. The monoisotopic (exact) mass is 127 g/mol. The largest absolute Gasteiger partial charge is 0.330 e. The van der Waals surface area contributed by atoms with Crippen molar-refractivity contribution in [3.63, 3.8) is 0 Å². The van der Waals surface area contributed by atoms with Crippen LogP contribution in [0.25, 0.3) is 0 Å². The van der Waals surface area contributed by atoms with Crippen molar-refractivity contribution in [2.75, 3.05) is 6.54 Å². The van der Waals surface area contributed by atoms with E-state index in [0.717, 1.165) is 19.4 Å². The minimum absolute atomic E-state index is 0.622. The highest BCUT2D eigenvalue weighted by Crippen LogP contribution is 2.11. The molecule has 0 bridgehead atoms. The summed E-state index contributed by atoms with van der Waals surface area (Å²) in [6.07, 6.45) is 2.17. The maximum Gasteiger partial charge on any atom is -0.00742 e. The summed E-state index contributed by atoms with van der Waals surface area (Å²) in [5.41, 5.74) is 6.66. The van der Waals surface area contributed by atoms with Crippen LogP contribution >= 0.6 is 0 Å². The first-order chi connectivity index (χ1) is 4.18. The maximum atomic E-state index is 5.34. The van der Waals surface area contributed by atoms with Crippen LogP contribution in [0.1, 0.15) is 26.7 Å². The third-order valence-corrected chi connectivity index (χ3v) is 1.52. The minimum atomic E-state index is 0.622. The Bertz CT molecular complexity index is 84.6. The Morgan fingerprint density at radius 2 is 2.11 bits per heavy atom. The quantitative estimate of drug-likeness (QED) is 0.574. The van der Waals surface area contributed by atoms with Gasteiger partial charge in [-0.25, -0.2) is 0 Å². The van der Waals surface area contributed by atoms with E-state index in [9.17, 15) is 0 Å². The van der Waals surface area contributed by atoms with Gasteiger partial charge in [0.25, 0.3) is 0 Å². The zero-order valence-corrected chi connectivity index (χ0v) is 6.48. The highest BCUT2D eigenvalue weighted by Gasteiger charge is 1.97. The molecule has 0 amide bonds. The number of nitrogens with two attached hydrogens (primary N) is 1. The summed E-state index contributed by atoms with van der Waals surface area (Å²) in [6.45, 7) is 9.05. The number of hydrogen-bond acceptors (Lipinski definition) is 1. The smallest absolute Gasteiger partial charge is 0.00742 e. The molecule has 1 heteroatoms. The Balaban J connectivity index is 3.28. The van der Waals surface area contributed by atoms with E-state index in [0.29, 0.717) is 5.92 Å². The normalized spacial score (nSPS) is 10.2. The second-order valence-corrected chi connectivity index (χ2v) is 2.71. The molecular weight excluding hydrogens is 110 g/mol. The van der Waals surface area contributed by atoms with Gasteiger partial charge in [0, 0.05) is 0 Å². The van der Waals surface area contributed by atoms with Gasteiger partial charge in [0.05, 0.1) is 0 Å². The Labute approximate surface area is 57.9 Å². The molecule has 0 aliphatic rings. The lowest BCUT2D eigenvalue weighted by atomic mass is 10.0. The maximum absolute atomic E-state index is 5.34. The molecule has 0 saturated heterocycles. The molecule has 2 N–H and O–H groups in total. The van der Waals surface area contributed by atoms with Crippen LogP contribution in [-0.2, 0) is 0 Å². The fourth-order valence-electron chi connectivity index (χ4n) is 0.618. The van der Waals surface area contributed by atoms with Gasteiger partial charge in [-0.05, 0) is 25.3 Å². The van der Waals surface area contributed by atoms with Gasteiger partial charge < -0.3 is 5.73 Å². The molecule has 0 aliphatic carbocycles. The van der Waals surface area contributed by atoms with Crippen LogP contribution in [0.4, 0.5) is 0 Å². The summed E-state index contributed by atoms with van der Waals surface area (Å²) in [5, 5.41) is 0. The van der Waals surface area contributed by atoms with Gasteiger partial charge in [-0.15, -0.1) is 0 Å². The van der Waals surface area contributed by atoms with E-state index in [4.69, 9.17) is 5.73 Å². The van der Waals surface area contributed by atoms with E-state index in [1.807, 2.05) is 0 Å². The molecule has 0 heterocycles. The standard InChI is InChI=1S/C8H17N/c1-7(2)8(3)5-4-6-9/h7H,3-6,9H2,1-2H3. The van der Waals surface area contributed by atoms with Crippen LogP contribution in [-0.4, -0.2) is 6.54 Å². The van der Waals surface area contributed by atoms with Crippen molar-refractivity contribution in [1.82, 2.24) is 0 Å². The molecule has 0 spiro atoms. The minimum Gasteiger partial charge on any atom is -0.330 e. The molecule has 0 fully saturated rings. The topological polar surface area (TPSA) is 26.0 Å². The van der Waals surface area contributed by atoms with Gasteiger partial charge in [-0.3, -0.25) is 0 Å². The Morgan fingerprint density at radius 3 is 2.44 bits per heavy atom. The number of allylic oxidation sites excluding steroid dienone is 1. The van der Waals surface area contributed by atoms with Crippen molar-refractivity contribution in [3.05, 3.63) is 12.2 Å². The number of rotatable bonds is 4. The van der Waals surface area contributed by atoms with Gasteiger partial charge in [-0.2, -0.15) is 0 Å². The van der Waals surface area contributed by atoms with Crippen LogP contribution in [0.5, 0.6) is 0 Å². The summed E-state index contributed by atoms with van der Waals surface area (Å²) in [7, 11) is 0. The summed E-state index contributed by atoms with van der Waals surface area (Å²) in [4.78, 5) is 0. The van der Waals surface area contributed by atoms with Gasteiger partial charge in [0.15, 0.2) is 0 Å². The molecule has 0 aromatic heterocycles. The molecule has 0 atom stereocenters. The van der Waals surface area contributed by atoms with E-state index < -0.39 is 0 Å². The third-order valence-electron chi connectivity index (χ3n) is 1.52. The van der Waals surface area contributed by atoms with Gasteiger partial charge in [-0.1, -0.05) is 26.0 Å². The molecule has 0 unspecified atom stereocenters. The highest BCUT2D eigenvalue weighted by atomic mass is 14.5. The average Bonchev–Trinajstić information content (AvgIpc) is 1.82. The molecular formula is C8H17N. The van der Waals surface area contributed by atoms with E-state index in [1.54, 1.807) is 0 Å². The Hall–Kier alpha value is -0.300. The summed E-state index contributed by atoms with van der Waals surface area (Å²) in [5.74, 6) is 0.622. The predicted octanol–water partition coefficient (Wildman–Crippen LogP) is 1.94. The molecule has 0 radical (unpaired) electrons. The van der Waals surface area contributed by atoms with Crippen molar-refractivity contribution in [2.24, 2.45) is 11.7 Å². The molecule has 0 saturated carbocycles. The van der Waals surface area contributed by atoms with E-state index in [1.165, 1.54) is 5.57 Å². The molecule has 0 rings (SSSR count). The zero-order valence-electron chi connectivity index (χ0n) is 6.48. The lowest BCUT2D eigenvalue weighted by Crippen LogP contribution is -2.00. The lowest BCUT2D eigenvalue weighted by molar-refractivity contribution is 0.690. The van der Waals surface area contributed by atoms with Crippen molar-refractivity contribution in [1.29, 1.82) is 0 Å². The number of hydrogen-bond donors (Lipinski definition) is 1. The van der Waals surface area contributed by atoms with E-state index >= 15 is 0 Å². The average molecular weight is 127 g/mol. The van der Waals surface area contributed by atoms with E-state index in [-0.39, 0.29) is 0 Å². The van der Waals surface area contributed by atoms with Crippen molar-refractivity contribution < 1.29 is 0 Å². The Morgan fingerprint density at radius 1 is 1.56 bits per heavy atom. The summed E-state index contributed by atoms with van der Waals surface area (Å²) >= 11 is 0. The summed E-state index contributed by atoms with van der Waals surface area (Å²) in [6, 6.07) is 0. The summed E-state index contributed by atoms with van der Waals surface area (Å²) < 4.78 is 0. The van der Waals surface area contributed by atoms with Crippen LogP contribution in [0, 0.1) is 5.92 Å². The fourth-order valence-corrected chi connectivity index (χ4v) is 0.618.